The molecule has 1 rings (SSSR count). The minimum atomic E-state index is 0.0181. The van der Waals surface area contributed by atoms with E-state index in [9.17, 15) is 14.4 Å². The molecule has 0 aromatic carbocycles. The van der Waals surface area contributed by atoms with Gasteiger partial charge in [-0.15, -0.1) is 0 Å². The summed E-state index contributed by atoms with van der Waals surface area (Å²) in [5.74, 6) is 0.140. The van der Waals surface area contributed by atoms with Gasteiger partial charge in [0.1, 0.15) is 0 Å². The van der Waals surface area contributed by atoms with Crippen LogP contribution in [0.3, 0.4) is 0 Å². The number of carbonyl (C=O) groups excluding carboxylic acids is 3. The summed E-state index contributed by atoms with van der Waals surface area (Å²) in [6, 6.07) is 0. The van der Waals surface area contributed by atoms with Crippen molar-refractivity contribution in [3.05, 3.63) is 0 Å². The van der Waals surface area contributed by atoms with E-state index >= 15 is 0 Å². The average Bonchev–Trinajstić information content (AvgIpc) is 2.52. The van der Waals surface area contributed by atoms with Gasteiger partial charge in [0.15, 0.2) is 0 Å². The second kappa shape index (κ2) is 9.43. The highest BCUT2D eigenvalue weighted by Crippen LogP contribution is 2.07. The van der Waals surface area contributed by atoms with Gasteiger partial charge in [-0.25, -0.2) is 0 Å². The van der Waals surface area contributed by atoms with E-state index in [1.165, 1.54) is 0 Å². The van der Waals surface area contributed by atoms with E-state index in [1.807, 2.05) is 4.90 Å². The molecule has 0 atom stereocenters. The van der Waals surface area contributed by atoms with Gasteiger partial charge in [-0.05, 0) is 12.8 Å². The molecule has 1 heterocycles. The number of amides is 3. The topological polar surface area (TPSA) is 60.9 Å². The maximum atomic E-state index is 12.2. The Labute approximate surface area is 133 Å². The van der Waals surface area contributed by atoms with Crippen molar-refractivity contribution in [1.29, 1.82) is 0 Å². The quantitative estimate of drug-likeness (QED) is 0.707. The minimum absolute atomic E-state index is 0.0181. The van der Waals surface area contributed by atoms with Gasteiger partial charge >= 0.3 is 0 Å². The van der Waals surface area contributed by atoms with Crippen LogP contribution in [0.4, 0.5) is 0 Å². The molecule has 6 heteroatoms. The zero-order valence-electron chi connectivity index (χ0n) is 14.1. The average molecular weight is 311 g/mol. The number of piperazine rings is 1. The number of hydrogen-bond acceptors (Lipinski definition) is 3. The number of carbonyl (C=O) groups is 3. The highest BCUT2D eigenvalue weighted by atomic mass is 16.2. The summed E-state index contributed by atoms with van der Waals surface area (Å²) in [5.41, 5.74) is 0. The van der Waals surface area contributed by atoms with Crippen LogP contribution in [0.25, 0.3) is 0 Å². The van der Waals surface area contributed by atoms with Crippen LogP contribution in [-0.4, -0.2) is 71.7 Å². The van der Waals surface area contributed by atoms with Crippen LogP contribution in [0.15, 0.2) is 0 Å². The molecule has 0 spiro atoms. The molecule has 1 fully saturated rings. The molecule has 1 aliphatic heterocycles. The first-order chi connectivity index (χ1) is 10.5. The molecule has 0 saturated carbocycles. The highest BCUT2D eigenvalue weighted by molar-refractivity contribution is 5.84. The Kier molecular flexibility index (Phi) is 7.91. The molecule has 0 bridgehead atoms. The molecule has 0 unspecified atom stereocenters. The molecular weight excluding hydrogens is 282 g/mol. The first kappa shape index (κ1) is 18.5. The minimum Gasteiger partial charge on any atom is -0.343 e. The molecule has 0 aliphatic carbocycles. The van der Waals surface area contributed by atoms with Crippen LogP contribution in [0.5, 0.6) is 0 Å². The van der Waals surface area contributed by atoms with Crippen LogP contribution in [-0.2, 0) is 14.4 Å². The molecule has 0 aromatic heterocycles. The van der Waals surface area contributed by atoms with Crippen molar-refractivity contribution in [2.75, 3.05) is 39.3 Å². The SMILES string of the molecule is CCCN(CCC)C(=O)CCC(=O)N1CCN(C(C)=O)CC1. The molecule has 0 N–H and O–H groups in total. The van der Waals surface area contributed by atoms with Crippen molar-refractivity contribution in [1.82, 2.24) is 14.7 Å². The van der Waals surface area contributed by atoms with Crippen molar-refractivity contribution >= 4 is 17.7 Å². The number of nitrogens with zero attached hydrogens (tertiary/aromatic N) is 3. The lowest BCUT2D eigenvalue weighted by Crippen LogP contribution is -2.50. The van der Waals surface area contributed by atoms with Gasteiger partial charge in [0, 0.05) is 59.0 Å². The summed E-state index contributed by atoms with van der Waals surface area (Å²) in [7, 11) is 0. The van der Waals surface area contributed by atoms with Crippen molar-refractivity contribution in [2.24, 2.45) is 0 Å². The van der Waals surface area contributed by atoms with E-state index in [4.69, 9.17) is 0 Å². The third kappa shape index (κ3) is 5.66. The van der Waals surface area contributed by atoms with Crippen molar-refractivity contribution in [3.63, 3.8) is 0 Å². The Balaban J connectivity index is 2.36. The molecule has 0 radical (unpaired) electrons. The van der Waals surface area contributed by atoms with Gasteiger partial charge in [0.2, 0.25) is 17.7 Å². The molecule has 1 aliphatic rings. The molecule has 22 heavy (non-hydrogen) atoms. The lowest BCUT2D eigenvalue weighted by Gasteiger charge is -2.34. The Hall–Kier alpha value is -1.59. The van der Waals surface area contributed by atoms with E-state index in [0.29, 0.717) is 26.2 Å². The molecule has 126 valence electrons. The fourth-order valence-electron chi connectivity index (χ4n) is 2.70. The lowest BCUT2D eigenvalue weighted by atomic mass is 10.2. The first-order valence-electron chi connectivity index (χ1n) is 8.30. The third-order valence-corrected chi connectivity index (χ3v) is 3.97. The number of rotatable bonds is 7. The van der Waals surface area contributed by atoms with Gasteiger partial charge < -0.3 is 14.7 Å². The van der Waals surface area contributed by atoms with E-state index < -0.39 is 0 Å². The highest BCUT2D eigenvalue weighted by Gasteiger charge is 2.23. The van der Waals surface area contributed by atoms with E-state index in [-0.39, 0.29) is 30.6 Å². The Bertz CT molecular complexity index is 384. The summed E-state index contributed by atoms with van der Waals surface area (Å²) in [4.78, 5) is 40.9. The molecule has 0 aromatic rings. The first-order valence-corrected chi connectivity index (χ1v) is 8.30. The molecule has 1 saturated heterocycles. The van der Waals surface area contributed by atoms with Gasteiger partial charge in [-0.2, -0.15) is 0 Å². The lowest BCUT2D eigenvalue weighted by molar-refractivity contribution is -0.140. The Morgan fingerprint density at radius 3 is 1.82 bits per heavy atom. The predicted molar refractivity (Wildman–Crippen MR) is 85.2 cm³/mol. The monoisotopic (exact) mass is 311 g/mol. The fraction of sp³-hybridized carbons (Fsp3) is 0.812. The zero-order chi connectivity index (χ0) is 16.5. The summed E-state index contributed by atoms with van der Waals surface area (Å²) in [6.45, 7) is 9.49. The van der Waals surface area contributed by atoms with Crippen LogP contribution in [0.2, 0.25) is 0 Å². The largest absolute Gasteiger partial charge is 0.343 e. The maximum Gasteiger partial charge on any atom is 0.223 e. The van der Waals surface area contributed by atoms with Crippen LogP contribution in [0.1, 0.15) is 46.5 Å². The van der Waals surface area contributed by atoms with Crippen molar-refractivity contribution in [3.8, 4) is 0 Å². The fourth-order valence-corrected chi connectivity index (χ4v) is 2.70. The van der Waals surface area contributed by atoms with Gasteiger partial charge in [0.25, 0.3) is 0 Å². The van der Waals surface area contributed by atoms with Gasteiger partial charge in [-0.3, -0.25) is 14.4 Å². The maximum absolute atomic E-state index is 12.2. The zero-order valence-corrected chi connectivity index (χ0v) is 14.1. The molecular formula is C16H29N3O3. The molecule has 6 nitrogen and oxygen atoms in total. The Morgan fingerprint density at radius 2 is 1.36 bits per heavy atom. The summed E-state index contributed by atoms with van der Waals surface area (Å²) < 4.78 is 0. The van der Waals surface area contributed by atoms with E-state index in [0.717, 1.165) is 25.9 Å². The molecule has 3 amide bonds. The van der Waals surface area contributed by atoms with E-state index in [1.54, 1.807) is 16.7 Å². The Morgan fingerprint density at radius 1 is 0.864 bits per heavy atom. The van der Waals surface area contributed by atoms with Gasteiger partial charge in [-0.1, -0.05) is 13.8 Å². The number of hydrogen-bond donors (Lipinski definition) is 0. The third-order valence-electron chi connectivity index (χ3n) is 3.97. The summed E-state index contributed by atoms with van der Waals surface area (Å²) in [5, 5.41) is 0. The smallest absolute Gasteiger partial charge is 0.223 e. The van der Waals surface area contributed by atoms with Crippen LogP contribution in [0, 0.1) is 0 Å². The second-order valence-electron chi connectivity index (χ2n) is 5.77. The van der Waals surface area contributed by atoms with E-state index in [2.05, 4.69) is 13.8 Å². The normalized spacial score (nSPS) is 14.9. The van der Waals surface area contributed by atoms with Crippen LogP contribution >= 0.6 is 0 Å². The summed E-state index contributed by atoms with van der Waals surface area (Å²) in [6.07, 6.45) is 2.42. The summed E-state index contributed by atoms with van der Waals surface area (Å²) >= 11 is 0. The standard InChI is InChI=1S/C16H29N3O3/c1-4-8-18(9-5-2)15(21)6-7-16(22)19-12-10-17(11-13-19)14(3)20/h4-13H2,1-3H3. The van der Waals surface area contributed by atoms with Crippen LogP contribution < -0.4 is 0 Å². The second-order valence-corrected chi connectivity index (χ2v) is 5.77. The van der Waals surface area contributed by atoms with Gasteiger partial charge in [0.05, 0.1) is 0 Å². The predicted octanol–water partition coefficient (Wildman–Crippen LogP) is 1.11. The van der Waals surface area contributed by atoms with Crippen molar-refractivity contribution in [2.45, 2.75) is 46.5 Å². The van der Waals surface area contributed by atoms with Crippen molar-refractivity contribution < 1.29 is 14.4 Å².